The molecule has 2 rings (SSSR count). The molecule has 0 aliphatic carbocycles. The van der Waals surface area contributed by atoms with Gasteiger partial charge in [0.05, 0.1) is 7.11 Å². The van der Waals surface area contributed by atoms with E-state index in [-0.39, 0.29) is 28.5 Å². The number of carboxylic acids is 1. The molecule has 2 N–H and O–H groups in total. The van der Waals surface area contributed by atoms with E-state index >= 15 is 0 Å². The van der Waals surface area contributed by atoms with E-state index in [1.807, 2.05) is 0 Å². The quantitative estimate of drug-likeness (QED) is 0.805. The van der Waals surface area contributed by atoms with Gasteiger partial charge in [0.2, 0.25) is 5.76 Å². The number of ether oxygens (including phenoxy) is 1. The van der Waals surface area contributed by atoms with Crippen molar-refractivity contribution in [1.82, 2.24) is 5.16 Å². The number of aromatic carboxylic acids is 1. The number of carbonyl (C=O) groups excluding carboxylic acids is 1. The summed E-state index contributed by atoms with van der Waals surface area (Å²) in [5.41, 5.74) is 0.613. The molecule has 0 bridgehead atoms. The molecule has 1 heterocycles. The Morgan fingerprint density at radius 2 is 2.16 bits per heavy atom. The number of aldehydes is 1. The molecule has 0 aliphatic rings. The van der Waals surface area contributed by atoms with Crippen LogP contribution in [0.3, 0.4) is 0 Å². The van der Waals surface area contributed by atoms with Crippen LogP contribution < -0.4 is 4.74 Å². The molecule has 2 aromatic rings. The van der Waals surface area contributed by atoms with Crippen molar-refractivity contribution in [3.63, 3.8) is 0 Å². The summed E-state index contributed by atoms with van der Waals surface area (Å²) >= 11 is 0. The third kappa shape index (κ3) is 2.25. The Labute approximate surface area is 107 Å². The first-order chi connectivity index (χ1) is 9.06. The van der Waals surface area contributed by atoms with Crippen molar-refractivity contribution in [3.8, 4) is 22.8 Å². The Morgan fingerprint density at radius 1 is 1.42 bits per heavy atom. The van der Waals surface area contributed by atoms with Crippen molar-refractivity contribution in [3.05, 3.63) is 29.5 Å². The van der Waals surface area contributed by atoms with E-state index in [2.05, 4.69) is 9.68 Å². The summed E-state index contributed by atoms with van der Waals surface area (Å²) in [5, 5.41) is 21.9. The molecule has 0 atom stereocenters. The van der Waals surface area contributed by atoms with E-state index in [4.69, 9.17) is 9.84 Å². The van der Waals surface area contributed by atoms with Gasteiger partial charge in [0.15, 0.2) is 17.8 Å². The van der Waals surface area contributed by atoms with Gasteiger partial charge in [-0.2, -0.15) is 0 Å². The van der Waals surface area contributed by atoms with Gasteiger partial charge in [-0.15, -0.1) is 0 Å². The average molecular weight is 263 g/mol. The van der Waals surface area contributed by atoms with Gasteiger partial charge in [-0.3, -0.25) is 4.79 Å². The Balaban J connectivity index is 2.58. The molecular weight excluding hydrogens is 254 g/mol. The molecular formula is C12H9NO6. The molecule has 0 unspecified atom stereocenters. The minimum atomic E-state index is -1.27. The van der Waals surface area contributed by atoms with Gasteiger partial charge in [-0.25, -0.2) is 4.79 Å². The maximum absolute atomic E-state index is 11.0. The number of methoxy groups -OCH3 is 1. The molecule has 1 aromatic heterocycles. The number of aromatic nitrogens is 1. The van der Waals surface area contributed by atoms with Gasteiger partial charge >= 0.3 is 5.97 Å². The van der Waals surface area contributed by atoms with Crippen molar-refractivity contribution in [1.29, 1.82) is 0 Å². The topological polar surface area (TPSA) is 110 Å². The van der Waals surface area contributed by atoms with Crippen LogP contribution in [0.2, 0.25) is 0 Å². The van der Waals surface area contributed by atoms with E-state index in [0.717, 1.165) is 0 Å². The summed E-state index contributed by atoms with van der Waals surface area (Å²) in [4.78, 5) is 21.7. The van der Waals surface area contributed by atoms with Crippen molar-refractivity contribution in [2.75, 3.05) is 7.11 Å². The normalized spacial score (nSPS) is 10.2. The Bertz CT molecular complexity index is 646. The van der Waals surface area contributed by atoms with E-state index in [1.165, 1.54) is 25.3 Å². The zero-order valence-corrected chi connectivity index (χ0v) is 9.78. The van der Waals surface area contributed by atoms with Crippen molar-refractivity contribution < 1.29 is 29.1 Å². The molecule has 19 heavy (non-hydrogen) atoms. The Hall–Kier alpha value is -2.83. The first kappa shape index (κ1) is 12.6. The lowest BCUT2D eigenvalue weighted by atomic mass is 10.0. The summed E-state index contributed by atoms with van der Waals surface area (Å²) in [6.07, 6.45) is 0.517. The fourth-order valence-electron chi connectivity index (χ4n) is 1.57. The lowest BCUT2D eigenvalue weighted by Gasteiger charge is -2.07. The smallest absolute Gasteiger partial charge is 0.374 e. The van der Waals surface area contributed by atoms with Gasteiger partial charge in [0.1, 0.15) is 5.69 Å². The van der Waals surface area contributed by atoms with Crippen LogP contribution >= 0.6 is 0 Å². The van der Waals surface area contributed by atoms with Crippen LogP contribution in [0.5, 0.6) is 11.5 Å². The SMILES string of the molecule is COc1cc(-c2cc(C(=O)O)on2)c(C=O)cc1O. The average Bonchev–Trinajstić information content (AvgIpc) is 2.88. The van der Waals surface area contributed by atoms with Crippen LogP contribution in [0.25, 0.3) is 11.3 Å². The zero-order chi connectivity index (χ0) is 14.0. The van der Waals surface area contributed by atoms with E-state index in [0.29, 0.717) is 11.8 Å². The number of carboxylic acid groups (broad SMARTS) is 1. The van der Waals surface area contributed by atoms with Gasteiger partial charge < -0.3 is 19.5 Å². The Morgan fingerprint density at radius 3 is 2.68 bits per heavy atom. The number of hydrogen-bond donors (Lipinski definition) is 2. The van der Waals surface area contributed by atoms with Gasteiger partial charge in [-0.05, 0) is 12.1 Å². The molecule has 7 heteroatoms. The number of hydrogen-bond acceptors (Lipinski definition) is 6. The number of aromatic hydroxyl groups is 1. The van der Waals surface area contributed by atoms with Crippen LogP contribution in [0.4, 0.5) is 0 Å². The van der Waals surface area contributed by atoms with Crippen molar-refractivity contribution in [2.45, 2.75) is 0 Å². The lowest BCUT2D eigenvalue weighted by Crippen LogP contribution is -1.93. The highest BCUT2D eigenvalue weighted by molar-refractivity contribution is 5.90. The second kappa shape index (κ2) is 4.81. The highest BCUT2D eigenvalue weighted by Gasteiger charge is 2.17. The largest absolute Gasteiger partial charge is 0.504 e. The predicted molar refractivity (Wildman–Crippen MR) is 62.5 cm³/mol. The van der Waals surface area contributed by atoms with E-state index < -0.39 is 5.97 Å². The molecule has 0 fully saturated rings. The summed E-state index contributed by atoms with van der Waals surface area (Å²) in [5.74, 6) is -1.67. The molecule has 0 saturated heterocycles. The fraction of sp³-hybridized carbons (Fsp3) is 0.0833. The predicted octanol–water partition coefficient (Wildman–Crippen LogP) is 1.57. The lowest BCUT2D eigenvalue weighted by molar-refractivity contribution is 0.0652. The van der Waals surface area contributed by atoms with Gasteiger partial charge in [0, 0.05) is 17.2 Å². The fourth-order valence-corrected chi connectivity index (χ4v) is 1.57. The molecule has 98 valence electrons. The molecule has 0 radical (unpaired) electrons. The standard InChI is InChI=1S/C12H9NO6/c1-18-10-3-7(6(5-14)2-9(10)15)8-4-11(12(16)17)19-13-8/h2-5,15H,1H3,(H,16,17). The summed E-state index contributed by atoms with van der Waals surface area (Å²) < 4.78 is 9.54. The minimum Gasteiger partial charge on any atom is -0.504 e. The number of benzene rings is 1. The number of carbonyl (C=O) groups is 2. The molecule has 7 nitrogen and oxygen atoms in total. The summed E-state index contributed by atoms with van der Waals surface area (Å²) in [6, 6.07) is 3.76. The van der Waals surface area contributed by atoms with E-state index in [1.54, 1.807) is 0 Å². The van der Waals surface area contributed by atoms with Crippen LogP contribution in [0.1, 0.15) is 20.9 Å². The second-order valence-electron chi connectivity index (χ2n) is 3.61. The van der Waals surface area contributed by atoms with Gasteiger partial charge in [-0.1, -0.05) is 5.16 Å². The first-order valence-corrected chi connectivity index (χ1v) is 5.13. The van der Waals surface area contributed by atoms with E-state index in [9.17, 15) is 14.7 Å². The maximum atomic E-state index is 11.0. The second-order valence-corrected chi connectivity index (χ2v) is 3.61. The maximum Gasteiger partial charge on any atom is 0.374 e. The van der Waals surface area contributed by atoms with Crippen LogP contribution in [0, 0.1) is 0 Å². The summed E-state index contributed by atoms with van der Waals surface area (Å²) in [7, 11) is 1.35. The van der Waals surface area contributed by atoms with Crippen LogP contribution in [-0.4, -0.2) is 34.7 Å². The van der Waals surface area contributed by atoms with Crippen LogP contribution in [0.15, 0.2) is 22.7 Å². The van der Waals surface area contributed by atoms with Crippen LogP contribution in [-0.2, 0) is 0 Å². The Kier molecular flexibility index (Phi) is 3.19. The summed E-state index contributed by atoms with van der Waals surface area (Å²) in [6.45, 7) is 0. The van der Waals surface area contributed by atoms with Crippen molar-refractivity contribution in [2.24, 2.45) is 0 Å². The molecule has 1 aromatic carbocycles. The molecule has 0 spiro atoms. The third-order valence-corrected chi connectivity index (χ3v) is 2.47. The van der Waals surface area contributed by atoms with Crippen molar-refractivity contribution >= 4 is 12.3 Å². The van der Waals surface area contributed by atoms with Gasteiger partial charge in [0.25, 0.3) is 0 Å². The highest BCUT2D eigenvalue weighted by atomic mass is 16.5. The number of phenolic OH excluding ortho intramolecular Hbond substituents is 1. The number of rotatable bonds is 4. The highest BCUT2D eigenvalue weighted by Crippen LogP contribution is 2.34. The molecule has 0 saturated carbocycles. The monoisotopic (exact) mass is 263 g/mol. The number of phenols is 1. The molecule has 0 amide bonds. The first-order valence-electron chi connectivity index (χ1n) is 5.13. The number of nitrogens with zero attached hydrogens (tertiary/aromatic N) is 1. The molecule has 0 aliphatic heterocycles. The zero-order valence-electron chi connectivity index (χ0n) is 9.78. The minimum absolute atomic E-state index is 0.139. The third-order valence-electron chi connectivity index (χ3n) is 2.47.